The number of aromatic nitrogens is 1. The van der Waals surface area contributed by atoms with E-state index in [0.717, 1.165) is 22.8 Å². The first-order valence-electron chi connectivity index (χ1n) is 7.90. The lowest BCUT2D eigenvalue weighted by molar-refractivity contribution is 0.627. The second kappa shape index (κ2) is 10.9. The van der Waals surface area contributed by atoms with Gasteiger partial charge in [-0.1, -0.05) is 31.5 Å². The molecular formula is C17H23ClFIN4S. The van der Waals surface area contributed by atoms with Crippen LogP contribution in [0.3, 0.4) is 0 Å². The molecular weight excluding hydrogens is 474 g/mol. The normalized spacial score (nSPS) is 11.4. The first-order valence-corrected chi connectivity index (χ1v) is 9.15. The summed E-state index contributed by atoms with van der Waals surface area (Å²) in [6.45, 7) is 8.06. The van der Waals surface area contributed by atoms with Crippen LogP contribution in [-0.4, -0.2) is 17.5 Å². The molecule has 1 aromatic carbocycles. The summed E-state index contributed by atoms with van der Waals surface area (Å²) in [5, 5.41) is 9.68. The second-order valence-corrected chi connectivity index (χ2v) is 6.97. The van der Waals surface area contributed by atoms with Crippen LogP contribution in [0.25, 0.3) is 0 Å². The number of halogens is 3. The SMILES string of the molecule is CCNC(=NCc1ccc(F)c(Cl)c1)NCc1nc(C(C)C)cs1.I. The van der Waals surface area contributed by atoms with Crippen molar-refractivity contribution in [3.63, 3.8) is 0 Å². The topological polar surface area (TPSA) is 49.3 Å². The van der Waals surface area contributed by atoms with E-state index in [-0.39, 0.29) is 29.0 Å². The van der Waals surface area contributed by atoms with Gasteiger partial charge < -0.3 is 10.6 Å². The summed E-state index contributed by atoms with van der Waals surface area (Å²) in [6.07, 6.45) is 0. The van der Waals surface area contributed by atoms with Crippen molar-refractivity contribution in [1.29, 1.82) is 0 Å². The molecule has 0 spiro atoms. The molecule has 138 valence electrons. The van der Waals surface area contributed by atoms with Crippen molar-refractivity contribution < 1.29 is 4.39 Å². The lowest BCUT2D eigenvalue weighted by atomic mass is 10.2. The number of thiazole rings is 1. The van der Waals surface area contributed by atoms with Gasteiger partial charge in [0, 0.05) is 11.9 Å². The van der Waals surface area contributed by atoms with Gasteiger partial charge in [-0.25, -0.2) is 14.4 Å². The largest absolute Gasteiger partial charge is 0.357 e. The predicted molar refractivity (Wildman–Crippen MR) is 115 cm³/mol. The minimum Gasteiger partial charge on any atom is -0.357 e. The van der Waals surface area contributed by atoms with Crippen molar-refractivity contribution in [3.8, 4) is 0 Å². The van der Waals surface area contributed by atoms with E-state index in [1.807, 2.05) is 6.92 Å². The van der Waals surface area contributed by atoms with Gasteiger partial charge in [-0.15, -0.1) is 35.3 Å². The molecule has 4 nitrogen and oxygen atoms in total. The molecule has 25 heavy (non-hydrogen) atoms. The number of nitrogens with one attached hydrogen (secondary N) is 2. The van der Waals surface area contributed by atoms with Crippen LogP contribution in [-0.2, 0) is 13.1 Å². The van der Waals surface area contributed by atoms with Crippen LogP contribution in [0.2, 0.25) is 5.02 Å². The quantitative estimate of drug-likeness (QED) is 0.339. The molecule has 0 saturated heterocycles. The Morgan fingerprint density at radius 1 is 1.36 bits per heavy atom. The molecule has 0 aliphatic carbocycles. The maximum Gasteiger partial charge on any atom is 0.191 e. The van der Waals surface area contributed by atoms with Crippen molar-refractivity contribution in [2.45, 2.75) is 39.8 Å². The highest BCUT2D eigenvalue weighted by Gasteiger charge is 2.06. The molecule has 1 heterocycles. The Morgan fingerprint density at radius 2 is 2.12 bits per heavy atom. The third-order valence-electron chi connectivity index (χ3n) is 3.32. The number of hydrogen-bond donors (Lipinski definition) is 2. The fraction of sp³-hybridized carbons (Fsp3) is 0.412. The smallest absolute Gasteiger partial charge is 0.191 e. The standard InChI is InChI=1S/C17H22ClFN4S.HI/c1-4-20-17(21-8-12-5-6-14(19)13(18)7-12)22-9-16-23-15(10-24-16)11(2)3;/h5-7,10-11H,4,8-9H2,1-3H3,(H2,20,21,22);1H. The van der Waals surface area contributed by atoms with E-state index in [1.165, 1.54) is 6.07 Å². The first-order chi connectivity index (χ1) is 11.5. The highest BCUT2D eigenvalue weighted by atomic mass is 127. The van der Waals surface area contributed by atoms with Gasteiger partial charge in [0.1, 0.15) is 10.8 Å². The number of rotatable bonds is 6. The lowest BCUT2D eigenvalue weighted by Crippen LogP contribution is -2.36. The van der Waals surface area contributed by atoms with Gasteiger partial charge in [0.05, 0.1) is 23.8 Å². The van der Waals surface area contributed by atoms with E-state index >= 15 is 0 Å². The van der Waals surface area contributed by atoms with Gasteiger partial charge in [-0.05, 0) is 30.5 Å². The number of nitrogens with zero attached hydrogens (tertiary/aromatic N) is 2. The maximum absolute atomic E-state index is 13.2. The monoisotopic (exact) mass is 496 g/mol. The van der Waals surface area contributed by atoms with E-state index in [4.69, 9.17) is 11.6 Å². The van der Waals surface area contributed by atoms with Crippen LogP contribution in [0.1, 0.15) is 43.0 Å². The van der Waals surface area contributed by atoms with Gasteiger partial charge in [-0.2, -0.15) is 0 Å². The Bertz CT molecular complexity index is 706. The zero-order valence-corrected chi connectivity index (χ0v) is 18.4. The summed E-state index contributed by atoms with van der Waals surface area (Å²) >= 11 is 7.44. The second-order valence-electron chi connectivity index (χ2n) is 5.62. The summed E-state index contributed by atoms with van der Waals surface area (Å²) < 4.78 is 13.2. The van der Waals surface area contributed by atoms with Crippen LogP contribution in [0, 0.1) is 5.82 Å². The highest BCUT2D eigenvalue weighted by molar-refractivity contribution is 14.0. The summed E-state index contributed by atoms with van der Waals surface area (Å²) in [5.41, 5.74) is 1.97. The lowest BCUT2D eigenvalue weighted by Gasteiger charge is -2.10. The molecule has 0 bridgehead atoms. The third kappa shape index (κ3) is 7.07. The fourth-order valence-electron chi connectivity index (χ4n) is 1.98. The molecule has 0 aliphatic rings. The molecule has 0 atom stereocenters. The number of aliphatic imine (C=N–C) groups is 1. The van der Waals surface area contributed by atoms with E-state index < -0.39 is 5.82 Å². The van der Waals surface area contributed by atoms with Crippen LogP contribution >= 0.6 is 46.9 Å². The third-order valence-corrected chi connectivity index (χ3v) is 4.47. The predicted octanol–water partition coefficient (Wildman–Crippen LogP) is 4.93. The minimum atomic E-state index is -0.417. The van der Waals surface area contributed by atoms with Crippen LogP contribution < -0.4 is 10.6 Å². The molecule has 1 aromatic heterocycles. The van der Waals surface area contributed by atoms with Gasteiger partial charge in [0.25, 0.3) is 0 Å². The number of hydrogen-bond acceptors (Lipinski definition) is 3. The Morgan fingerprint density at radius 3 is 2.72 bits per heavy atom. The van der Waals surface area contributed by atoms with E-state index in [0.29, 0.717) is 25.0 Å². The molecule has 8 heteroatoms. The van der Waals surface area contributed by atoms with Crippen molar-refractivity contribution in [3.05, 3.63) is 50.7 Å². The molecule has 0 aliphatic heterocycles. The zero-order valence-electron chi connectivity index (χ0n) is 14.5. The first kappa shape index (κ1) is 22.1. The van der Waals surface area contributed by atoms with Crippen molar-refractivity contribution in [2.75, 3.05) is 6.54 Å². The molecule has 0 saturated carbocycles. The molecule has 0 unspecified atom stereocenters. The van der Waals surface area contributed by atoms with Crippen molar-refractivity contribution >= 4 is 52.9 Å². The summed E-state index contributed by atoms with van der Waals surface area (Å²) in [7, 11) is 0. The molecule has 2 N–H and O–H groups in total. The molecule has 0 amide bonds. The van der Waals surface area contributed by atoms with E-state index in [9.17, 15) is 4.39 Å². The van der Waals surface area contributed by atoms with Crippen molar-refractivity contribution in [1.82, 2.24) is 15.6 Å². The molecule has 2 aromatic rings. The molecule has 2 rings (SSSR count). The van der Waals surface area contributed by atoms with Crippen LogP contribution in [0.5, 0.6) is 0 Å². The molecule has 0 radical (unpaired) electrons. The average molecular weight is 497 g/mol. The zero-order chi connectivity index (χ0) is 17.5. The summed E-state index contributed by atoms with van der Waals surface area (Å²) in [6, 6.07) is 4.64. The van der Waals surface area contributed by atoms with Gasteiger partial charge >= 0.3 is 0 Å². The van der Waals surface area contributed by atoms with E-state index in [2.05, 4.69) is 39.8 Å². The summed E-state index contributed by atoms with van der Waals surface area (Å²) in [4.78, 5) is 9.10. The Labute approximate surface area is 174 Å². The number of guanidine groups is 1. The van der Waals surface area contributed by atoms with E-state index in [1.54, 1.807) is 23.5 Å². The number of benzene rings is 1. The van der Waals surface area contributed by atoms with Crippen LogP contribution in [0.4, 0.5) is 4.39 Å². The Balaban J connectivity index is 0.00000312. The minimum absolute atomic E-state index is 0. The fourth-order valence-corrected chi connectivity index (χ4v) is 3.08. The van der Waals surface area contributed by atoms with Gasteiger partial charge in [-0.3, -0.25) is 0 Å². The molecule has 0 fully saturated rings. The van der Waals surface area contributed by atoms with Gasteiger partial charge in [0.2, 0.25) is 0 Å². The van der Waals surface area contributed by atoms with Crippen LogP contribution in [0.15, 0.2) is 28.6 Å². The average Bonchev–Trinajstić information content (AvgIpc) is 3.02. The van der Waals surface area contributed by atoms with Gasteiger partial charge in [0.15, 0.2) is 5.96 Å². The maximum atomic E-state index is 13.2. The van der Waals surface area contributed by atoms with Crippen molar-refractivity contribution in [2.24, 2.45) is 4.99 Å². The highest BCUT2D eigenvalue weighted by Crippen LogP contribution is 2.18. The summed E-state index contributed by atoms with van der Waals surface area (Å²) in [5.74, 6) is 0.707. The Hall–Kier alpha value is -0.930. The Kier molecular flexibility index (Phi) is 9.66.